The van der Waals surface area contributed by atoms with Crippen LogP contribution in [0.5, 0.6) is 0 Å². The molecule has 4 aromatic rings. The molecule has 1 N–H and O–H groups in total. The van der Waals surface area contributed by atoms with Crippen molar-refractivity contribution < 1.29 is 4.79 Å². The maximum absolute atomic E-state index is 12.6. The Morgan fingerprint density at radius 3 is 2.37 bits per heavy atom. The fourth-order valence-corrected chi connectivity index (χ4v) is 4.06. The van der Waals surface area contributed by atoms with E-state index in [-0.39, 0.29) is 11.8 Å². The van der Waals surface area contributed by atoms with Crippen molar-refractivity contribution in [2.75, 3.05) is 6.54 Å². The third-order valence-electron chi connectivity index (χ3n) is 4.59. The summed E-state index contributed by atoms with van der Waals surface area (Å²) in [5.41, 5.74) is 3.37. The lowest BCUT2D eigenvalue weighted by Crippen LogP contribution is -2.27. The Balaban J connectivity index is 1.40. The predicted octanol–water partition coefficient (Wildman–Crippen LogP) is 3.67. The molecule has 0 bridgehead atoms. The average molecular weight is 376 g/mol. The van der Waals surface area contributed by atoms with Crippen LogP contribution in [-0.4, -0.2) is 27.0 Å². The molecule has 0 atom stereocenters. The molecular weight excluding hydrogens is 356 g/mol. The van der Waals surface area contributed by atoms with Crippen molar-refractivity contribution in [3.8, 4) is 0 Å². The average Bonchev–Trinajstić information content (AvgIpc) is 3.32. The lowest BCUT2D eigenvalue weighted by Gasteiger charge is -2.18. The summed E-state index contributed by atoms with van der Waals surface area (Å²) in [5, 5.41) is 9.30. The molecule has 2 aromatic carbocycles. The highest BCUT2D eigenvalue weighted by Gasteiger charge is 2.18. The van der Waals surface area contributed by atoms with E-state index >= 15 is 0 Å². The van der Waals surface area contributed by atoms with Crippen molar-refractivity contribution in [2.24, 2.45) is 0 Å². The SMILES string of the molecule is O=C(CC(c1ccccc1)c1ccccc1)NCCc1csc2ncnn12. The molecule has 6 heteroatoms. The Labute approximate surface area is 161 Å². The molecule has 136 valence electrons. The summed E-state index contributed by atoms with van der Waals surface area (Å²) in [7, 11) is 0. The standard InChI is InChI=1S/C21H20N4OS/c26-20(22-12-11-18-14-27-21-23-15-24-25(18)21)13-19(16-7-3-1-4-8-16)17-9-5-2-6-10-17/h1-10,14-15,19H,11-13H2,(H,22,26). The van der Waals surface area contributed by atoms with E-state index in [4.69, 9.17) is 0 Å². The summed E-state index contributed by atoms with van der Waals surface area (Å²) in [6.07, 6.45) is 2.71. The third-order valence-corrected chi connectivity index (χ3v) is 5.46. The minimum atomic E-state index is 0.0515. The van der Waals surface area contributed by atoms with Crippen LogP contribution in [0.2, 0.25) is 0 Å². The number of fused-ring (bicyclic) bond motifs is 1. The number of aromatic nitrogens is 3. The zero-order valence-electron chi connectivity index (χ0n) is 14.8. The van der Waals surface area contributed by atoms with Crippen LogP contribution in [-0.2, 0) is 11.2 Å². The summed E-state index contributed by atoms with van der Waals surface area (Å²) in [5.74, 6) is 0.105. The van der Waals surface area contributed by atoms with Gasteiger partial charge in [-0.1, -0.05) is 60.7 Å². The van der Waals surface area contributed by atoms with Gasteiger partial charge >= 0.3 is 0 Å². The van der Waals surface area contributed by atoms with Gasteiger partial charge in [0.25, 0.3) is 0 Å². The topological polar surface area (TPSA) is 59.3 Å². The van der Waals surface area contributed by atoms with Crippen molar-refractivity contribution in [2.45, 2.75) is 18.8 Å². The summed E-state index contributed by atoms with van der Waals surface area (Å²) < 4.78 is 1.83. The van der Waals surface area contributed by atoms with Crippen LogP contribution in [0.25, 0.3) is 4.96 Å². The number of hydrogen-bond acceptors (Lipinski definition) is 4. The lowest BCUT2D eigenvalue weighted by atomic mass is 9.88. The van der Waals surface area contributed by atoms with E-state index in [0.717, 1.165) is 28.2 Å². The van der Waals surface area contributed by atoms with Crippen molar-refractivity contribution in [1.82, 2.24) is 19.9 Å². The van der Waals surface area contributed by atoms with Crippen molar-refractivity contribution in [1.29, 1.82) is 0 Å². The number of carbonyl (C=O) groups excluding carboxylic acids is 1. The van der Waals surface area contributed by atoms with Crippen LogP contribution in [0.1, 0.15) is 29.2 Å². The van der Waals surface area contributed by atoms with Gasteiger partial charge in [0.15, 0.2) is 0 Å². The molecule has 0 unspecified atom stereocenters. The second-order valence-corrected chi connectivity index (χ2v) is 7.20. The second kappa shape index (κ2) is 8.14. The molecule has 0 radical (unpaired) electrons. The fraction of sp³-hybridized carbons (Fsp3) is 0.190. The largest absolute Gasteiger partial charge is 0.356 e. The third kappa shape index (κ3) is 4.06. The van der Waals surface area contributed by atoms with Gasteiger partial charge in [0, 0.05) is 30.7 Å². The Morgan fingerprint density at radius 1 is 1.04 bits per heavy atom. The number of hydrogen-bond donors (Lipinski definition) is 1. The summed E-state index contributed by atoms with van der Waals surface area (Å²) in [6, 6.07) is 20.4. The maximum atomic E-state index is 12.6. The van der Waals surface area contributed by atoms with Crippen LogP contribution in [0.3, 0.4) is 0 Å². The quantitative estimate of drug-likeness (QED) is 0.535. The monoisotopic (exact) mass is 376 g/mol. The molecular formula is C21H20N4OS. The molecule has 0 aliphatic heterocycles. The Bertz CT molecular complexity index is 971. The molecule has 1 amide bonds. The van der Waals surface area contributed by atoms with Crippen molar-refractivity contribution in [3.63, 3.8) is 0 Å². The molecule has 0 saturated carbocycles. The molecule has 0 aliphatic rings. The van der Waals surface area contributed by atoms with E-state index in [1.807, 2.05) is 46.3 Å². The molecule has 0 saturated heterocycles. The van der Waals surface area contributed by atoms with Crippen LogP contribution >= 0.6 is 11.3 Å². The molecule has 2 aromatic heterocycles. The first kappa shape index (κ1) is 17.4. The van der Waals surface area contributed by atoms with Crippen LogP contribution in [0.4, 0.5) is 0 Å². The first-order valence-corrected chi connectivity index (χ1v) is 9.82. The van der Waals surface area contributed by atoms with Gasteiger partial charge < -0.3 is 5.32 Å². The number of amides is 1. The zero-order chi connectivity index (χ0) is 18.5. The highest BCUT2D eigenvalue weighted by Crippen LogP contribution is 2.27. The molecule has 0 fully saturated rings. The van der Waals surface area contributed by atoms with Gasteiger partial charge in [-0.3, -0.25) is 4.79 Å². The van der Waals surface area contributed by atoms with Gasteiger partial charge in [-0.2, -0.15) is 5.10 Å². The smallest absolute Gasteiger partial charge is 0.220 e. The highest BCUT2D eigenvalue weighted by atomic mass is 32.1. The minimum absolute atomic E-state index is 0.0515. The molecule has 0 spiro atoms. The van der Waals surface area contributed by atoms with E-state index in [1.165, 1.54) is 0 Å². The van der Waals surface area contributed by atoms with E-state index in [9.17, 15) is 4.79 Å². The number of nitrogens with zero attached hydrogens (tertiary/aromatic N) is 3. The Kier molecular flexibility index (Phi) is 5.25. The molecule has 2 heterocycles. The van der Waals surface area contributed by atoms with E-state index in [2.05, 4.69) is 39.7 Å². The summed E-state index contributed by atoms with van der Waals surface area (Å²) in [4.78, 5) is 17.7. The van der Waals surface area contributed by atoms with Gasteiger partial charge in [-0.25, -0.2) is 9.50 Å². The molecule has 0 aliphatic carbocycles. The highest BCUT2D eigenvalue weighted by molar-refractivity contribution is 7.15. The van der Waals surface area contributed by atoms with Crippen molar-refractivity contribution in [3.05, 3.63) is 89.2 Å². The van der Waals surface area contributed by atoms with E-state index in [1.54, 1.807) is 17.7 Å². The van der Waals surface area contributed by atoms with Gasteiger partial charge in [0.1, 0.15) is 6.33 Å². The van der Waals surface area contributed by atoms with Crippen LogP contribution in [0, 0.1) is 0 Å². The first-order valence-electron chi connectivity index (χ1n) is 8.94. The van der Waals surface area contributed by atoms with Crippen LogP contribution < -0.4 is 5.32 Å². The number of nitrogens with one attached hydrogen (secondary N) is 1. The van der Waals surface area contributed by atoms with Crippen LogP contribution in [0.15, 0.2) is 72.4 Å². The van der Waals surface area contributed by atoms with Gasteiger partial charge in [-0.15, -0.1) is 11.3 Å². The Morgan fingerprint density at radius 2 is 1.70 bits per heavy atom. The lowest BCUT2D eigenvalue weighted by molar-refractivity contribution is -0.121. The second-order valence-electron chi connectivity index (χ2n) is 6.36. The van der Waals surface area contributed by atoms with Crippen molar-refractivity contribution >= 4 is 22.2 Å². The van der Waals surface area contributed by atoms with Gasteiger partial charge in [0.2, 0.25) is 10.9 Å². The van der Waals surface area contributed by atoms with E-state index in [0.29, 0.717) is 13.0 Å². The Hall–Kier alpha value is -2.99. The normalized spacial score (nSPS) is 11.1. The fourth-order valence-electron chi connectivity index (χ4n) is 3.23. The minimum Gasteiger partial charge on any atom is -0.356 e. The maximum Gasteiger partial charge on any atom is 0.220 e. The van der Waals surface area contributed by atoms with Gasteiger partial charge in [0.05, 0.1) is 5.69 Å². The van der Waals surface area contributed by atoms with E-state index < -0.39 is 0 Å². The first-order chi connectivity index (χ1) is 13.3. The number of carbonyl (C=O) groups is 1. The number of thiazole rings is 1. The zero-order valence-corrected chi connectivity index (χ0v) is 15.6. The summed E-state index contributed by atoms with van der Waals surface area (Å²) >= 11 is 1.56. The molecule has 5 nitrogen and oxygen atoms in total. The molecule has 4 rings (SSSR count). The molecule has 27 heavy (non-hydrogen) atoms. The summed E-state index contributed by atoms with van der Waals surface area (Å²) in [6.45, 7) is 0.584. The number of rotatable bonds is 7. The number of benzene rings is 2. The predicted molar refractivity (Wildman–Crippen MR) is 107 cm³/mol. The van der Waals surface area contributed by atoms with Gasteiger partial charge in [-0.05, 0) is 11.1 Å².